The van der Waals surface area contributed by atoms with E-state index in [1.54, 1.807) is 42.5 Å². The number of carbonyl (C=O) groups excluding carboxylic acids is 1. The summed E-state index contributed by atoms with van der Waals surface area (Å²) in [6.07, 6.45) is 2.46. The number of carbonyl (C=O) groups is 1. The zero-order valence-electron chi connectivity index (χ0n) is 14.6. The molecule has 0 spiro atoms. The molecule has 1 amide bonds. The highest BCUT2D eigenvalue weighted by Gasteiger charge is 2.20. The van der Waals surface area contributed by atoms with E-state index in [2.05, 4.69) is 4.72 Å². The number of anilines is 1. The summed E-state index contributed by atoms with van der Waals surface area (Å²) in [7, 11) is -2.32. The van der Waals surface area contributed by atoms with Gasteiger partial charge in [-0.3, -0.25) is 9.52 Å². The number of rotatable bonds is 6. The summed E-state index contributed by atoms with van der Waals surface area (Å²) in [5, 5.41) is 0. The molecule has 1 fully saturated rings. The SMILES string of the molecule is COc1ccccc1S(=O)(=O)Nc1ccc(CC(=O)N2CCCC2)cc1. The van der Waals surface area contributed by atoms with Gasteiger partial charge in [0.15, 0.2) is 0 Å². The fourth-order valence-corrected chi connectivity index (χ4v) is 4.22. The lowest BCUT2D eigenvalue weighted by molar-refractivity contribution is -0.129. The molecule has 3 rings (SSSR count). The van der Waals surface area contributed by atoms with E-state index in [9.17, 15) is 13.2 Å². The number of nitrogens with zero attached hydrogens (tertiary/aromatic N) is 1. The highest BCUT2D eigenvalue weighted by Crippen LogP contribution is 2.25. The first-order valence-electron chi connectivity index (χ1n) is 8.52. The number of para-hydroxylation sites is 1. The molecular weight excluding hydrogens is 352 g/mol. The van der Waals surface area contributed by atoms with Crippen LogP contribution in [0.5, 0.6) is 5.75 Å². The van der Waals surface area contributed by atoms with Crippen molar-refractivity contribution < 1.29 is 17.9 Å². The summed E-state index contributed by atoms with van der Waals surface area (Å²) in [5.74, 6) is 0.401. The van der Waals surface area contributed by atoms with Gasteiger partial charge in [-0.2, -0.15) is 0 Å². The number of nitrogens with one attached hydrogen (secondary N) is 1. The van der Waals surface area contributed by atoms with Crippen molar-refractivity contribution in [3.63, 3.8) is 0 Å². The fourth-order valence-electron chi connectivity index (χ4n) is 2.99. The maximum atomic E-state index is 12.6. The summed E-state index contributed by atoms with van der Waals surface area (Å²) in [4.78, 5) is 14.1. The highest BCUT2D eigenvalue weighted by molar-refractivity contribution is 7.92. The molecule has 0 saturated carbocycles. The van der Waals surface area contributed by atoms with Gasteiger partial charge in [0.05, 0.1) is 13.5 Å². The first-order chi connectivity index (χ1) is 12.5. The predicted molar refractivity (Wildman–Crippen MR) is 99.8 cm³/mol. The number of ether oxygens (including phenoxy) is 1. The van der Waals surface area contributed by atoms with Gasteiger partial charge in [-0.25, -0.2) is 8.42 Å². The average Bonchev–Trinajstić information content (AvgIpc) is 3.18. The largest absolute Gasteiger partial charge is 0.495 e. The Hall–Kier alpha value is -2.54. The van der Waals surface area contributed by atoms with Crippen molar-refractivity contribution in [3.05, 3.63) is 54.1 Å². The average molecular weight is 374 g/mol. The van der Waals surface area contributed by atoms with E-state index >= 15 is 0 Å². The van der Waals surface area contributed by atoms with Gasteiger partial charge in [0.25, 0.3) is 10.0 Å². The lowest BCUT2D eigenvalue weighted by Gasteiger charge is -2.15. The maximum Gasteiger partial charge on any atom is 0.265 e. The van der Waals surface area contributed by atoms with E-state index in [0.29, 0.717) is 12.1 Å². The van der Waals surface area contributed by atoms with Gasteiger partial charge in [0.1, 0.15) is 10.6 Å². The summed E-state index contributed by atoms with van der Waals surface area (Å²) >= 11 is 0. The number of benzene rings is 2. The van der Waals surface area contributed by atoms with Crippen LogP contribution >= 0.6 is 0 Å². The van der Waals surface area contributed by atoms with E-state index < -0.39 is 10.0 Å². The van der Waals surface area contributed by atoms with E-state index in [1.807, 2.05) is 4.90 Å². The molecule has 1 N–H and O–H groups in total. The molecule has 1 saturated heterocycles. The van der Waals surface area contributed by atoms with Gasteiger partial charge in [-0.15, -0.1) is 0 Å². The minimum absolute atomic E-state index is 0.0794. The van der Waals surface area contributed by atoms with Crippen LogP contribution in [0.1, 0.15) is 18.4 Å². The second-order valence-corrected chi connectivity index (χ2v) is 7.87. The molecule has 0 aromatic heterocycles. The summed E-state index contributed by atoms with van der Waals surface area (Å²) in [6.45, 7) is 1.66. The van der Waals surface area contributed by atoms with Crippen LogP contribution < -0.4 is 9.46 Å². The Morgan fingerprint density at radius 1 is 1.08 bits per heavy atom. The number of amides is 1. The lowest BCUT2D eigenvalue weighted by Crippen LogP contribution is -2.29. The van der Waals surface area contributed by atoms with Gasteiger partial charge in [-0.1, -0.05) is 24.3 Å². The van der Waals surface area contributed by atoms with Crippen LogP contribution in [0.25, 0.3) is 0 Å². The summed E-state index contributed by atoms with van der Waals surface area (Å²) < 4.78 is 32.8. The Balaban J connectivity index is 1.69. The predicted octanol–water partition coefficient (Wildman–Crippen LogP) is 2.66. The molecule has 0 radical (unpaired) electrons. The molecular formula is C19H22N2O4S. The van der Waals surface area contributed by atoms with Crippen molar-refractivity contribution in [2.45, 2.75) is 24.2 Å². The smallest absolute Gasteiger partial charge is 0.265 e. The quantitative estimate of drug-likeness (QED) is 0.843. The number of hydrogen-bond donors (Lipinski definition) is 1. The topological polar surface area (TPSA) is 75.7 Å². The molecule has 1 aliphatic rings. The molecule has 6 nitrogen and oxygen atoms in total. The molecule has 1 heterocycles. The molecule has 26 heavy (non-hydrogen) atoms. The van der Waals surface area contributed by atoms with E-state index in [0.717, 1.165) is 31.5 Å². The normalized spacial score (nSPS) is 14.3. The van der Waals surface area contributed by atoms with Crippen molar-refractivity contribution >= 4 is 21.6 Å². The Morgan fingerprint density at radius 2 is 1.73 bits per heavy atom. The van der Waals surface area contributed by atoms with Crippen LogP contribution in [-0.4, -0.2) is 39.4 Å². The standard InChI is InChI=1S/C19H22N2O4S/c1-25-17-6-2-3-7-18(17)26(23,24)20-16-10-8-15(9-11-16)14-19(22)21-12-4-5-13-21/h2-3,6-11,20H,4-5,12-14H2,1H3. The third kappa shape index (κ3) is 4.16. The van der Waals surface area contributed by atoms with Gasteiger partial charge in [0.2, 0.25) is 5.91 Å². The second kappa shape index (κ2) is 7.78. The molecule has 2 aromatic carbocycles. The van der Waals surface area contributed by atoms with Crippen molar-refractivity contribution in [3.8, 4) is 5.75 Å². The number of hydrogen-bond acceptors (Lipinski definition) is 4. The second-order valence-electron chi connectivity index (χ2n) is 6.22. The van der Waals surface area contributed by atoms with Crippen molar-refractivity contribution in [1.82, 2.24) is 4.90 Å². The molecule has 0 aliphatic carbocycles. The van der Waals surface area contributed by atoms with Gasteiger partial charge in [0, 0.05) is 18.8 Å². The van der Waals surface area contributed by atoms with Gasteiger partial charge in [-0.05, 0) is 42.7 Å². The van der Waals surface area contributed by atoms with Crippen LogP contribution in [0.4, 0.5) is 5.69 Å². The molecule has 0 bridgehead atoms. The third-order valence-electron chi connectivity index (χ3n) is 4.38. The third-order valence-corrected chi connectivity index (χ3v) is 5.80. The molecule has 0 unspecified atom stereocenters. The van der Waals surface area contributed by atoms with Crippen LogP contribution in [0, 0.1) is 0 Å². The minimum Gasteiger partial charge on any atom is -0.495 e. The Bertz CT molecular complexity index is 873. The summed E-state index contributed by atoms with van der Waals surface area (Å²) in [6, 6.07) is 13.3. The molecule has 138 valence electrons. The molecule has 2 aromatic rings. The van der Waals surface area contributed by atoms with E-state index in [1.165, 1.54) is 13.2 Å². The van der Waals surface area contributed by atoms with Crippen LogP contribution in [0.2, 0.25) is 0 Å². The fraction of sp³-hybridized carbons (Fsp3) is 0.316. The van der Waals surface area contributed by atoms with Crippen molar-refractivity contribution in [2.24, 2.45) is 0 Å². The molecule has 7 heteroatoms. The zero-order valence-corrected chi connectivity index (χ0v) is 15.5. The first-order valence-corrected chi connectivity index (χ1v) is 10.0. The van der Waals surface area contributed by atoms with Crippen LogP contribution in [0.15, 0.2) is 53.4 Å². The van der Waals surface area contributed by atoms with Gasteiger partial charge >= 0.3 is 0 Å². The Kier molecular flexibility index (Phi) is 5.46. The monoisotopic (exact) mass is 374 g/mol. The Labute approximate surface area is 153 Å². The molecule has 0 atom stereocenters. The van der Waals surface area contributed by atoms with Gasteiger partial charge < -0.3 is 9.64 Å². The lowest BCUT2D eigenvalue weighted by atomic mass is 10.1. The van der Waals surface area contributed by atoms with E-state index in [4.69, 9.17) is 4.74 Å². The van der Waals surface area contributed by atoms with Crippen LogP contribution in [0.3, 0.4) is 0 Å². The van der Waals surface area contributed by atoms with Crippen molar-refractivity contribution in [1.29, 1.82) is 0 Å². The number of likely N-dealkylation sites (tertiary alicyclic amines) is 1. The van der Waals surface area contributed by atoms with Crippen LogP contribution in [-0.2, 0) is 21.2 Å². The first kappa shape index (κ1) is 18.3. The molecule has 1 aliphatic heterocycles. The zero-order chi connectivity index (χ0) is 18.6. The highest BCUT2D eigenvalue weighted by atomic mass is 32.2. The Morgan fingerprint density at radius 3 is 2.38 bits per heavy atom. The van der Waals surface area contributed by atoms with Crippen molar-refractivity contribution in [2.75, 3.05) is 24.9 Å². The maximum absolute atomic E-state index is 12.6. The minimum atomic E-state index is -3.76. The summed E-state index contributed by atoms with van der Waals surface area (Å²) in [5.41, 5.74) is 1.30. The van der Waals surface area contributed by atoms with E-state index in [-0.39, 0.29) is 16.6 Å². The number of methoxy groups -OCH3 is 1. The number of sulfonamides is 1.